The number of likely N-dealkylation sites (N-methyl/N-ethyl adjacent to an activating group) is 1. The summed E-state index contributed by atoms with van der Waals surface area (Å²) in [6.45, 7) is 4.01. The maximum atomic E-state index is 10.9. The number of hydrogen-bond acceptors (Lipinski definition) is 5. The van der Waals surface area contributed by atoms with Crippen molar-refractivity contribution in [3.05, 3.63) is 30.3 Å². The molecule has 0 aromatic heterocycles. The topological polar surface area (TPSA) is 124 Å². The summed E-state index contributed by atoms with van der Waals surface area (Å²) < 4.78 is 55.9. The molecule has 0 saturated heterocycles. The molecule has 0 fully saturated rings. The molecule has 0 aliphatic heterocycles. The molecule has 0 aliphatic carbocycles. The van der Waals surface area contributed by atoms with Gasteiger partial charge in [0.2, 0.25) is 10.0 Å². The van der Waals surface area contributed by atoms with Gasteiger partial charge < -0.3 is 4.90 Å². The lowest BCUT2D eigenvalue weighted by atomic mass is 10.3. The van der Waals surface area contributed by atoms with E-state index in [9.17, 15) is 8.42 Å². The zero-order valence-electron chi connectivity index (χ0n) is 11.8. The zero-order valence-corrected chi connectivity index (χ0v) is 13.4. The first-order chi connectivity index (χ1) is 9.53. The smallest absolute Gasteiger partial charge is 0.370 e. The summed E-state index contributed by atoms with van der Waals surface area (Å²) in [6.07, 6.45) is 1.17. The van der Waals surface area contributed by atoms with E-state index in [1.165, 1.54) is 6.26 Å². The van der Waals surface area contributed by atoms with Crippen molar-refractivity contribution < 1.29 is 25.9 Å². The molecular weight excluding hydrogens is 320 g/mol. The molecule has 122 valence electrons. The summed E-state index contributed by atoms with van der Waals surface area (Å²) in [5, 5.41) is 0. The maximum Gasteiger partial charge on any atom is 0.394 e. The highest BCUT2D eigenvalue weighted by atomic mass is 32.3. The van der Waals surface area contributed by atoms with Crippen LogP contribution >= 0.6 is 0 Å². The molecule has 21 heavy (non-hydrogen) atoms. The largest absolute Gasteiger partial charge is 0.394 e. The maximum absolute atomic E-state index is 10.9. The molecule has 0 atom stereocenters. The Balaban J connectivity index is 0.000000690. The van der Waals surface area contributed by atoms with Crippen molar-refractivity contribution in [3.8, 4) is 0 Å². The fourth-order valence-electron chi connectivity index (χ4n) is 1.47. The van der Waals surface area contributed by atoms with Gasteiger partial charge in [-0.05, 0) is 19.1 Å². The van der Waals surface area contributed by atoms with Crippen LogP contribution in [-0.2, 0) is 20.4 Å². The van der Waals surface area contributed by atoms with E-state index >= 15 is 0 Å². The molecule has 8 nitrogen and oxygen atoms in total. The molecule has 1 aromatic rings. The van der Waals surface area contributed by atoms with Gasteiger partial charge in [-0.1, -0.05) is 18.2 Å². The number of hydrogen-bond donors (Lipinski definition) is 3. The van der Waals surface area contributed by atoms with Crippen LogP contribution in [0.1, 0.15) is 6.92 Å². The van der Waals surface area contributed by atoms with Crippen molar-refractivity contribution in [2.24, 2.45) is 0 Å². The fraction of sp³-hybridized carbons (Fsp3) is 0.455. The molecule has 10 heteroatoms. The van der Waals surface area contributed by atoms with Gasteiger partial charge in [0.1, 0.15) is 0 Å². The standard InChI is InChI=1S/C11H18N2O2S.H2O4S/c1-3-13(10-9-12-16(2,14)15)11-7-5-4-6-8-11;1-5(2,3)4/h4-8,12H,3,9-10H2,1-2H3;(H2,1,2,3,4). The van der Waals surface area contributed by atoms with Crippen molar-refractivity contribution in [2.45, 2.75) is 6.92 Å². The Hall–Kier alpha value is -1.20. The van der Waals surface area contributed by atoms with Crippen LogP contribution in [0, 0.1) is 0 Å². The highest BCUT2D eigenvalue weighted by molar-refractivity contribution is 7.88. The molecule has 0 bridgehead atoms. The number of rotatable bonds is 6. The van der Waals surface area contributed by atoms with E-state index in [0.717, 1.165) is 12.2 Å². The average molecular weight is 340 g/mol. The second-order valence-electron chi connectivity index (χ2n) is 4.03. The van der Waals surface area contributed by atoms with Gasteiger partial charge >= 0.3 is 10.4 Å². The van der Waals surface area contributed by atoms with E-state index in [1.54, 1.807) is 0 Å². The number of nitrogens with one attached hydrogen (secondary N) is 1. The van der Waals surface area contributed by atoms with Crippen molar-refractivity contribution >= 4 is 26.1 Å². The van der Waals surface area contributed by atoms with Gasteiger partial charge in [0.25, 0.3) is 0 Å². The third kappa shape index (κ3) is 13.5. The highest BCUT2D eigenvalue weighted by Crippen LogP contribution is 2.11. The summed E-state index contributed by atoms with van der Waals surface area (Å²) in [5.74, 6) is 0. The van der Waals surface area contributed by atoms with Gasteiger partial charge in [-0.2, -0.15) is 8.42 Å². The van der Waals surface area contributed by atoms with E-state index in [1.807, 2.05) is 37.3 Å². The Bertz CT molecular complexity index is 593. The highest BCUT2D eigenvalue weighted by Gasteiger charge is 2.05. The summed E-state index contributed by atoms with van der Waals surface area (Å²) in [7, 11) is -7.75. The number of sulfonamides is 1. The molecule has 0 spiro atoms. The van der Waals surface area contributed by atoms with E-state index < -0.39 is 20.4 Å². The van der Waals surface area contributed by atoms with Crippen LogP contribution in [0.3, 0.4) is 0 Å². The van der Waals surface area contributed by atoms with Crippen LogP contribution in [0.2, 0.25) is 0 Å². The Morgan fingerprint density at radius 2 is 1.57 bits per heavy atom. The van der Waals surface area contributed by atoms with E-state index in [-0.39, 0.29) is 0 Å². The van der Waals surface area contributed by atoms with Crippen molar-refractivity contribution in [1.82, 2.24) is 4.72 Å². The predicted molar refractivity (Wildman–Crippen MR) is 81.4 cm³/mol. The van der Waals surface area contributed by atoms with Crippen LogP contribution in [-0.4, -0.2) is 51.8 Å². The molecular formula is C11H20N2O6S2. The zero-order chi connectivity index (χ0) is 16.5. The lowest BCUT2D eigenvalue weighted by Crippen LogP contribution is -2.34. The number of anilines is 1. The van der Waals surface area contributed by atoms with E-state index in [4.69, 9.17) is 17.5 Å². The second kappa shape index (κ2) is 8.95. The summed E-state index contributed by atoms with van der Waals surface area (Å²) in [5.41, 5.74) is 1.11. The van der Waals surface area contributed by atoms with Crippen LogP contribution in [0.25, 0.3) is 0 Å². The third-order valence-corrected chi connectivity index (χ3v) is 2.98. The van der Waals surface area contributed by atoms with Gasteiger partial charge in [0, 0.05) is 25.3 Å². The molecule has 1 rings (SSSR count). The van der Waals surface area contributed by atoms with Crippen LogP contribution in [0.4, 0.5) is 5.69 Å². The fourth-order valence-corrected chi connectivity index (χ4v) is 1.94. The number of benzene rings is 1. The molecule has 0 heterocycles. The average Bonchev–Trinajstić information content (AvgIpc) is 2.32. The lowest BCUT2D eigenvalue weighted by Gasteiger charge is -2.22. The van der Waals surface area contributed by atoms with E-state index in [2.05, 4.69) is 9.62 Å². The molecule has 0 radical (unpaired) electrons. The molecule has 0 saturated carbocycles. The van der Waals surface area contributed by atoms with Gasteiger partial charge in [-0.15, -0.1) is 0 Å². The first kappa shape index (κ1) is 19.8. The van der Waals surface area contributed by atoms with Crippen molar-refractivity contribution in [3.63, 3.8) is 0 Å². The lowest BCUT2D eigenvalue weighted by molar-refractivity contribution is 0.381. The molecule has 0 unspecified atom stereocenters. The van der Waals surface area contributed by atoms with Crippen molar-refractivity contribution in [2.75, 3.05) is 30.8 Å². The van der Waals surface area contributed by atoms with Gasteiger partial charge in [-0.25, -0.2) is 13.1 Å². The minimum Gasteiger partial charge on any atom is -0.370 e. The summed E-state index contributed by atoms with van der Waals surface area (Å²) >= 11 is 0. The van der Waals surface area contributed by atoms with Crippen LogP contribution in [0.15, 0.2) is 30.3 Å². The number of nitrogens with zero attached hydrogens (tertiary/aromatic N) is 1. The Labute approximate surface area is 125 Å². The molecule has 0 aliphatic rings. The SMILES string of the molecule is CCN(CCNS(C)(=O)=O)c1ccccc1.O=S(=O)(O)O. The first-order valence-electron chi connectivity index (χ1n) is 5.97. The minimum atomic E-state index is -4.67. The summed E-state index contributed by atoms with van der Waals surface area (Å²) in [6, 6.07) is 9.95. The first-order valence-corrected chi connectivity index (χ1v) is 9.26. The number of para-hydroxylation sites is 1. The van der Waals surface area contributed by atoms with Crippen LogP contribution < -0.4 is 9.62 Å². The predicted octanol–water partition coefficient (Wildman–Crippen LogP) is 0.409. The molecule has 3 N–H and O–H groups in total. The minimum absolute atomic E-state index is 0.432. The van der Waals surface area contributed by atoms with Gasteiger partial charge in [0.15, 0.2) is 0 Å². The van der Waals surface area contributed by atoms with Gasteiger partial charge in [-0.3, -0.25) is 9.11 Å². The second-order valence-corrected chi connectivity index (χ2v) is 6.76. The normalized spacial score (nSPS) is 11.4. The van der Waals surface area contributed by atoms with E-state index in [0.29, 0.717) is 13.1 Å². The van der Waals surface area contributed by atoms with Gasteiger partial charge in [0.05, 0.1) is 6.26 Å². The molecule has 0 amide bonds. The van der Waals surface area contributed by atoms with Crippen LogP contribution in [0.5, 0.6) is 0 Å². The molecule has 1 aromatic carbocycles. The monoisotopic (exact) mass is 340 g/mol. The third-order valence-electron chi connectivity index (χ3n) is 2.25. The quantitative estimate of drug-likeness (QED) is 0.641. The van der Waals surface area contributed by atoms with Crippen molar-refractivity contribution in [1.29, 1.82) is 0 Å². The Morgan fingerprint density at radius 3 is 1.95 bits per heavy atom. The Kier molecular flexibility index (Phi) is 8.44. The Morgan fingerprint density at radius 1 is 1.10 bits per heavy atom. The summed E-state index contributed by atoms with van der Waals surface area (Å²) in [4.78, 5) is 2.12.